The van der Waals surface area contributed by atoms with E-state index in [0.29, 0.717) is 18.0 Å². The summed E-state index contributed by atoms with van der Waals surface area (Å²) in [4.78, 5) is 23.4. The number of primary amides is 1. The van der Waals surface area contributed by atoms with E-state index < -0.39 is 5.91 Å². The van der Waals surface area contributed by atoms with E-state index >= 15 is 0 Å². The van der Waals surface area contributed by atoms with Crippen molar-refractivity contribution < 1.29 is 19.1 Å². The molecule has 0 aromatic heterocycles. The number of nitrogens with two attached hydrogens (primary N) is 1. The van der Waals surface area contributed by atoms with Gasteiger partial charge in [-0.3, -0.25) is 9.59 Å². The largest absolute Gasteiger partial charge is 0.491 e. The van der Waals surface area contributed by atoms with Crippen LogP contribution in [0.25, 0.3) is 0 Å². The molecule has 2 aromatic rings. The molecule has 0 aliphatic rings. The zero-order valence-electron chi connectivity index (χ0n) is 13.5. The Kier molecular flexibility index (Phi) is 6.19. The molecule has 3 N–H and O–H groups in total. The lowest BCUT2D eigenvalue weighted by atomic mass is 10.2. The molecular weight excluding hydrogens is 308 g/mol. The summed E-state index contributed by atoms with van der Waals surface area (Å²) in [6.07, 6.45) is 0.870. The fourth-order valence-electron chi connectivity index (χ4n) is 2.03. The van der Waals surface area contributed by atoms with Gasteiger partial charge in [-0.05, 0) is 30.7 Å². The predicted molar refractivity (Wildman–Crippen MR) is 91.3 cm³/mol. The number of carbonyl (C=O) groups is 2. The zero-order valence-corrected chi connectivity index (χ0v) is 13.5. The number of hydrogen-bond donors (Lipinski definition) is 2. The molecule has 0 saturated heterocycles. The highest BCUT2D eigenvalue weighted by atomic mass is 16.5. The number of anilines is 1. The summed E-state index contributed by atoms with van der Waals surface area (Å²) >= 11 is 0. The van der Waals surface area contributed by atoms with Crippen LogP contribution >= 0.6 is 0 Å². The van der Waals surface area contributed by atoms with Crippen LogP contribution < -0.4 is 20.5 Å². The molecule has 0 aliphatic carbocycles. The Morgan fingerprint density at radius 1 is 1.00 bits per heavy atom. The third-order valence-corrected chi connectivity index (χ3v) is 3.13. The van der Waals surface area contributed by atoms with Gasteiger partial charge in [-0.2, -0.15) is 0 Å². The summed E-state index contributed by atoms with van der Waals surface area (Å²) in [7, 11) is 0. The van der Waals surface area contributed by atoms with Gasteiger partial charge in [0.25, 0.3) is 11.8 Å². The summed E-state index contributed by atoms with van der Waals surface area (Å²) in [5.41, 5.74) is 6.08. The number of ether oxygens (including phenoxy) is 2. The molecule has 2 amide bonds. The summed E-state index contributed by atoms with van der Waals surface area (Å²) in [5.74, 6) is -0.0907. The molecule has 0 atom stereocenters. The van der Waals surface area contributed by atoms with Gasteiger partial charge >= 0.3 is 0 Å². The van der Waals surface area contributed by atoms with E-state index in [4.69, 9.17) is 15.2 Å². The van der Waals surface area contributed by atoms with Crippen molar-refractivity contribution in [2.45, 2.75) is 13.3 Å². The number of hydrogen-bond acceptors (Lipinski definition) is 4. The molecule has 126 valence electrons. The lowest BCUT2D eigenvalue weighted by molar-refractivity contribution is -0.118. The monoisotopic (exact) mass is 328 g/mol. The quantitative estimate of drug-likeness (QED) is 0.779. The zero-order chi connectivity index (χ0) is 17.4. The number of para-hydroxylation sites is 3. The fraction of sp³-hybridized carbons (Fsp3) is 0.222. The minimum Gasteiger partial charge on any atom is -0.491 e. The van der Waals surface area contributed by atoms with Gasteiger partial charge in [0.2, 0.25) is 0 Å². The van der Waals surface area contributed by atoms with E-state index in [2.05, 4.69) is 5.32 Å². The van der Waals surface area contributed by atoms with Crippen LogP contribution in [0, 0.1) is 0 Å². The topological polar surface area (TPSA) is 90.7 Å². The highest BCUT2D eigenvalue weighted by molar-refractivity contribution is 5.96. The predicted octanol–water partition coefficient (Wildman–Crippen LogP) is 2.59. The Bertz CT molecular complexity index is 716. The molecule has 0 spiro atoms. The van der Waals surface area contributed by atoms with Crippen molar-refractivity contribution in [3.63, 3.8) is 0 Å². The van der Waals surface area contributed by atoms with E-state index in [0.717, 1.165) is 6.42 Å². The lowest BCUT2D eigenvalue weighted by Gasteiger charge is -2.13. The number of carbonyl (C=O) groups excluding carboxylic acids is 2. The second-order valence-electron chi connectivity index (χ2n) is 5.04. The molecule has 0 fully saturated rings. The maximum absolute atomic E-state index is 12.1. The summed E-state index contributed by atoms with van der Waals surface area (Å²) in [6, 6.07) is 13.7. The van der Waals surface area contributed by atoms with Crippen LogP contribution in [0.2, 0.25) is 0 Å². The van der Waals surface area contributed by atoms with Gasteiger partial charge in [0.15, 0.2) is 6.61 Å². The smallest absolute Gasteiger partial charge is 0.262 e. The second-order valence-corrected chi connectivity index (χ2v) is 5.04. The molecule has 0 heterocycles. The van der Waals surface area contributed by atoms with E-state index in [1.54, 1.807) is 42.5 Å². The molecule has 6 heteroatoms. The SMILES string of the molecule is CCCOc1ccccc1NC(=O)COc1ccccc1C(N)=O. The Morgan fingerprint density at radius 3 is 2.38 bits per heavy atom. The minimum absolute atomic E-state index is 0.233. The number of amides is 2. The van der Waals surface area contributed by atoms with Gasteiger partial charge in [0.05, 0.1) is 17.9 Å². The van der Waals surface area contributed by atoms with Gasteiger partial charge in [-0.1, -0.05) is 31.2 Å². The molecular formula is C18H20N2O4. The molecule has 0 saturated carbocycles. The number of nitrogens with one attached hydrogen (secondary N) is 1. The first kappa shape index (κ1) is 17.3. The molecule has 0 unspecified atom stereocenters. The molecule has 24 heavy (non-hydrogen) atoms. The summed E-state index contributed by atoms with van der Waals surface area (Å²) < 4.78 is 11.0. The van der Waals surface area contributed by atoms with Crippen molar-refractivity contribution in [1.82, 2.24) is 0 Å². The summed E-state index contributed by atoms with van der Waals surface area (Å²) in [5, 5.41) is 2.73. The van der Waals surface area contributed by atoms with Crippen molar-refractivity contribution in [3.05, 3.63) is 54.1 Å². The van der Waals surface area contributed by atoms with Crippen LogP contribution in [-0.4, -0.2) is 25.0 Å². The third-order valence-electron chi connectivity index (χ3n) is 3.13. The van der Waals surface area contributed by atoms with Crippen molar-refractivity contribution in [1.29, 1.82) is 0 Å². The number of benzene rings is 2. The normalized spacial score (nSPS) is 10.0. The van der Waals surface area contributed by atoms with Gasteiger partial charge in [-0.25, -0.2) is 0 Å². The molecule has 0 radical (unpaired) electrons. The van der Waals surface area contributed by atoms with E-state index in [-0.39, 0.29) is 23.8 Å². The molecule has 0 aliphatic heterocycles. The van der Waals surface area contributed by atoms with Gasteiger partial charge < -0.3 is 20.5 Å². The average molecular weight is 328 g/mol. The van der Waals surface area contributed by atoms with Crippen LogP contribution in [0.15, 0.2) is 48.5 Å². The van der Waals surface area contributed by atoms with Crippen LogP contribution in [0.4, 0.5) is 5.69 Å². The average Bonchev–Trinajstić information content (AvgIpc) is 2.59. The lowest BCUT2D eigenvalue weighted by Crippen LogP contribution is -2.22. The highest BCUT2D eigenvalue weighted by Crippen LogP contribution is 2.24. The van der Waals surface area contributed by atoms with Crippen molar-refractivity contribution in [2.24, 2.45) is 5.73 Å². The molecule has 2 aromatic carbocycles. The minimum atomic E-state index is -0.607. The Balaban J connectivity index is 1.98. The van der Waals surface area contributed by atoms with Crippen molar-refractivity contribution in [2.75, 3.05) is 18.5 Å². The van der Waals surface area contributed by atoms with Crippen LogP contribution in [0.5, 0.6) is 11.5 Å². The Morgan fingerprint density at radius 2 is 1.67 bits per heavy atom. The standard InChI is InChI=1S/C18H20N2O4/c1-2-11-23-16-10-6-4-8-14(16)20-17(21)12-24-15-9-5-3-7-13(15)18(19)22/h3-10H,2,11-12H2,1H3,(H2,19,22)(H,20,21). The van der Waals surface area contributed by atoms with E-state index in [1.165, 1.54) is 0 Å². The van der Waals surface area contributed by atoms with Gasteiger partial charge in [0.1, 0.15) is 11.5 Å². The fourth-order valence-corrected chi connectivity index (χ4v) is 2.03. The van der Waals surface area contributed by atoms with Gasteiger partial charge in [0, 0.05) is 0 Å². The maximum atomic E-state index is 12.1. The highest BCUT2D eigenvalue weighted by Gasteiger charge is 2.12. The maximum Gasteiger partial charge on any atom is 0.262 e. The molecule has 6 nitrogen and oxygen atoms in total. The molecule has 0 bridgehead atoms. The first-order chi connectivity index (χ1) is 11.6. The number of rotatable bonds is 8. The van der Waals surface area contributed by atoms with E-state index in [9.17, 15) is 9.59 Å². The van der Waals surface area contributed by atoms with Gasteiger partial charge in [-0.15, -0.1) is 0 Å². The molecule has 2 rings (SSSR count). The van der Waals surface area contributed by atoms with Crippen LogP contribution in [-0.2, 0) is 4.79 Å². The first-order valence-electron chi connectivity index (χ1n) is 7.65. The van der Waals surface area contributed by atoms with Crippen LogP contribution in [0.3, 0.4) is 0 Å². The van der Waals surface area contributed by atoms with Crippen LogP contribution in [0.1, 0.15) is 23.7 Å². The Labute approximate surface area is 140 Å². The third kappa shape index (κ3) is 4.74. The van der Waals surface area contributed by atoms with Crippen molar-refractivity contribution >= 4 is 17.5 Å². The second kappa shape index (κ2) is 8.57. The van der Waals surface area contributed by atoms with E-state index in [1.807, 2.05) is 13.0 Å². The Hall–Kier alpha value is -3.02. The summed E-state index contributed by atoms with van der Waals surface area (Å²) in [6.45, 7) is 2.33. The van der Waals surface area contributed by atoms with Crippen molar-refractivity contribution in [3.8, 4) is 11.5 Å². The first-order valence-corrected chi connectivity index (χ1v) is 7.65.